The quantitative estimate of drug-likeness (QED) is 0.191. The fourth-order valence-electron chi connectivity index (χ4n) is 3.88. The third-order valence-electron chi connectivity index (χ3n) is 5.95. The highest BCUT2D eigenvalue weighted by Crippen LogP contribution is 2.37. The minimum Gasteiger partial charge on any atom is -0.496 e. The van der Waals surface area contributed by atoms with Gasteiger partial charge in [0.05, 0.1) is 19.3 Å². The molecule has 0 saturated carbocycles. The van der Waals surface area contributed by atoms with E-state index in [9.17, 15) is 9.59 Å². The van der Waals surface area contributed by atoms with Crippen molar-refractivity contribution in [1.29, 1.82) is 0 Å². The Kier molecular flexibility index (Phi) is 9.20. The summed E-state index contributed by atoms with van der Waals surface area (Å²) in [5.74, 6) is 0.542. The first-order chi connectivity index (χ1) is 18.4. The van der Waals surface area contributed by atoms with Gasteiger partial charge in [0.1, 0.15) is 23.1 Å². The van der Waals surface area contributed by atoms with Crippen molar-refractivity contribution in [3.05, 3.63) is 110 Å². The summed E-state index contributed by atoms with van der Waals surface area (Å²) >= 11 is 4.79. The van der Waals surface area contributed by atoms with E-state index in [1.165, 1.54) is 11.3 Å². The van der Waals surface area contributed by atoms with Gasteiger partial charge in [-0.2, -0.15) is 0 Å². The van der Waals surface area contributed by atoms with Crippen molar-refractivity contribution < 1.29 is 23.8 Å². The lowest BCUT2D eigenvalue weighted by Gasteiger charge is -2.13. The van der Waals surface area contributed by atoms with Crippen LogP contribution in [0.5, 0.6) is 11.5 Å². The van der Waals surface area contributed by atoms with Crippen LogP contribution in [-0.4, -0.2) is 25.6 Å². The molecule has 0 saturated heterocycles. The highest BCUT2D eigenvalue weighted by molar-refractivity contribution is 9.10. The number of anilines is 1. The molecule has 38 heavy (non-hydrogen) atoms. The van der Waals surface area contributed by atoms with Crippen LogP contribution in [0.15, 0.2) is 83.3 Å². The molecule has 1 heterocycles. The number of methoxy groups -OCH3 is 1. The molecule has 8 heteroatoms. The van der Waals surface area contributed by atoms with E-state index in [2.05, 4.69) is 28.2 Å². The number of ether oxygens (including phenoxy) is 3. The van der Waals surface area contributed by atoms with Crippen LogP contribution in [0, 0.1) is 0 Å². The maximum Gasteiger partial charge on any atom is 0.341 e. The van der Waals surface area contributed by atoms with Gasteiger partial charge < -0.3 is 19.5 Å². The zero-order chi connectivity index (χ0) is 27.1. The number of rotatable bonds is 10. The first-order valence-electron chi connectivity index (χ1n) is 12.1. The number of hydrogen-bond acceptors (Lipinski definition) is 6. The third-order valence-corrected chi connectivity index (χ3v) is 7.71. The molecule has 1 amide bonds. The maximum atomic E-state index is 13.3. The molecule has 3 aromatic carbocycles. The molecule has 0 aliphatic heterocycles. The fraction of sp³-hybridized carbons (Fsp3) is 0.200. The summed E-state index contributed by atoms with van der Waals surface area (Å²) in [7, 11) is 1.57. The first-order valence-corrected chi connectivity index (χ1v) is 13.7. The Labute approximate surface area is 234 Å². The summed E-state index contributed by atoms with van der Waals surface area (Å²) in [6.07, 6.45) is 0. The second kappa shape index (κ2) is 12.8. The van der Waals surface area contributed by atoms with Crippen LogP contribution in [-0.2, 0) is 11.3 Å². The highest BCUT2D eigenvalue weighted by Gasteiger charge is 2.23. The molecule has 4 rings (SSSR count). The Morgan fingerprint density at radius 1 is 1.00 bits per heavy atom. The average Bonchev–Trinajstić information content (AvgIpc) is 3.36. The Balaban J connectivity index is 1.58. The molecule has 0 spiro atoms. The van der Waals surface area contributed by atoms with Crippen LogP contribution in [0.4, 0.5) is 5.00 Å². The smallest absolute Gasteiger partial charge is 0.341 e. The molecule has 0 aliphatic rings. The summed E-state index contributed by atoms with van der Waals surface area (Å²) in [6, 6.07) is 24.5. The third kappa shape index (κ3) is 6.62. The number of hydrogen-bond donors (Lipinski definition) is 1. The number of esters is 1. The largest absolute Gasteiger partial charge is 0.496 e. The standard InChI is InChI=1S/C30H28BrNO5S/c1-4-36-30(34)25-17-27(19(2)20-8-6-5-7-9-20)38-29(25)32-28(33)21-10-15-26(35-3)22(16-21)18-37-24-13-11-23(31)12-14-24/h5-17,19H,4,18H2,1-3H3,(H,32,33). The van der Waals surface area contributed by atoms with Crippen molar-refractivity contribution in [1.82, 2.24) is 0 Å². The van der Waals surface area contributed by atoms with Gasteiger partial charge in [0.2, 0.25) is 0 Å². The number of amides is 1. The summed E-state index contributed by atoms with van der Waals surface area (Å²) in [4.78, 5) is 27.0. The van der Waals surface area contributed by atoms with Gasteiger partial charge in [-0.25, -0.2) is 4.79 Å². The van der Waals surface area contributed by atoms with Crippen LogP contribution < -0.4 is 14.8 Å². The zero-order valence-corrected chi connectivity index (χ0v) is 23.7. The first kappa shape index (κ1) is 27.4. The lowest BCUT2D eigenvalue weighted by Crippen LogP contribution is -2.15. The maximum absolute atomic E-state index is 13.3. The normalized spacial score (nSPS) is 11.5. The summed E-state index contributed by atoms with van der Waals surface area (Å²) in [6.45, 7) is 4.29. The van der Waals surface area contributed by atoms with Crippen LogP contribution in [0.2, 0.25) is 0 Å². The predicted molar refractivity (Wildman–Crippen MR) is 154 cm³/mol. The second-order valence-corrected chi connectivity index (χ2v) is 10.5. The molecule has 196 valence electrons. The zero-order valence-electron chi connectivity index (χ0n) is 21.3. The molecule has 6 nitrogen and oxygen atoms in total. The molecule has 1 aromatic heterocycles. The molecule has 0 radical (unpaired) electrons. The Hall–Kier alpha value is -3.62. The molecule has 0 fully saturated rings. The van der Waals surface area contributed by atoms with Crippen molar-refractivity contribution in [3.63, 3.8) is 0 Å². The van der Waals surface area contributed by atoms with E-state index in [4.69, 9.17) is 14.2 Å². The van der Waals surface area contributed by atoms with Crippen molar-refractivity contribution in [3.8, 4) is 11.5 Å². The Morgan fingerprint density at radius 2 is 1.74 bits per heavy atom. The van der Waals surface area contributed by atoms with Crippen molar-refractivity contribution in [2.24, 2.45) is 0 Å². The van der Waals surface area contributed by atoms with E-state index in [1.807, 2.05) is 54.6 Å². The van der Waals surface area contributed by atoms with Gasteiger partial charge in [0.15, 0.2) is 0 Å². The summed E-state index contributed by atoms with van der Waals surface area (Å²) in [5.41, 5.74) is 2.60. The lowest BCUT2D eigenvalue weighted by molar-refractivity contribution is 0.0528. The topological polar surface area (TPSA) is 73.9 Å². The van der Waals surface area contributed by atoms with E-state index in [-0.39, 0.29) is 25.0 Å². The van der Waals surface area contributed by atoms with Crippen molar-refractivity contribution in [2.45, 2.75) is 26.4 Å². The van der Waals surface area contributed by atoms with Crippen LogP contribution in [0.1, 0.15) is 56.5 Å². The van der Waals surface area contributed by atoms with Gasteiger partial charge in [0.25, 0.3) is 5.91 Å². The van der Waals surface area contributed by atoms with Gasteiger partial charge in [0, 0.05) is 26.4 Å². The van der Waals surface area contributed by atoms with E-state index in [1.54, 1.807) is 38.3 Å². The van der Waals surface area contributed by atoms with Crippen molar-refractivity contribution >= 4 is 44.1 Å². The minimum atomic E-state index is -0.469. The fourth-order valence-corrected chi connectivity index (χ4v) is 5.27. The number of carbonyl (C=O) groups is 2. The predicted octanol–water partition coefficient (Wildman–Crippen LogP) is 7.68. The molecule has 1 atom stereocenters. The molecular weight excluding hydrogens is 566 g/mol. The Morgan fingerprint density at radius 3 is 2.42 bits per heavy atom. The van der Waals surface area contributed by atoms with Crippen molar-refractivity contribution in [2.75, 3.05) is 19.0 Å². The molecule has 1 unspecified atom stereocenters. The lowest BCUT2D eigenvalue weighted by atomic mass is 9.99. The van der Waals surface area contributed by atoms with Crippen LogP contribution in [0.25, 0.3) is 0 Å². The van der Waals surface area contributed by atoms with E-state index >= 15 is 0 Å². The SMILES string of the molecule is CCOC(=O)c1cc(C(C)c2ccccc2)sc1NC(=O)c1ccc(OC)c(COc2ccc(Br)cc2)c1. The molecule has 0 aliphatic carbocycles. The minimum absolute atomic E-state index is 0.0448. The van der Waals surface area contributed by atoms with Gasteiger partial charge in [-0.05, 0) is 61.0 Å². The number of nitrogens with one attached hydrogen (secondary N) is 1. The second-order valence-electron chi connectivity index (χ2n) is 8.47. The van der Waals surface area contributed by atoms with Gasteiger partial charge >= 0.3 is 5.97 Å². The highest BCUT2D eigenvalue weighted by atomic mass is 79.9. The molecule has 1 N–H and O–H groups in total. The molecular formula is C30H28BrNO5S. The summed E-state index contributed by atoms with van der Waals surface area (Å²) < 4.78 is 17.6. The molecule has 4 aromatic rings. The number of carbonyl (C=O) groups excluding carboxylic acids is 2. The number of benzene rings is 3. The van der Waals surface area contributed by atoms with Gasteiger partial charge in [-0.3, -0.25) is 4.79 Å². The monoisotopic (exact) mass is 593 g/mol. The number of thiophene rings is 1. The van der Waals surface area contributed by atoms with Crippen LogP contribution >= 0.6 is 27.3 Å². The van der Waals surface area contributed by atoms with E-state index < -0.39 is 5.97 Å². The Bertz CT molecular complexity index is 1400. The van der Waals surface area contributed by atoms with E-state index in [0.717, 1.165) is 20.5 Å². The van der Waals surface area contributed by atoms with Gasteiger partial charge in [-0.15, -0.1) is 11.3 Å². The van der Waals surface area contributed by atoms with Crippen LogP contribution in [0.3, 0.4) is 0 Å². The van der Waals surface area contributed by atoms with Gasteiger partial charge in [-0.1, -0.05) is 53.2 Å². The molecule has 0 bridgehead atoms. The average molecular weight is 595 g/mol. The summed E-state index contributed by atoms with van der Waals surface area (Å²) in [5, 5.41) is 3.38. The van der Waals surface area contributed by atoms with E-state index in [0.29, 0.717) is 27.6 Å². The number of halogens is 1.